The van der Waals surface area contributed by atoms with Crippen LogP contribution in [0.3, 0.4) is 0 Å². The molecular weight excluding hydrogens is 454 g/mol. The highest BCUT2D eigenvalue weighted by Gasteiger charge is 2.20. The van der Waals surface area contributed by atoms with E-state index in [9.17, 15) is 14.4 Å². The highest BCUT2D eigenvalue weighted by atomic mass is 32.1. The van der Waals surface area contributed by atoms with Gasteiger partial charge in [0.2, 0.25) is 0 Å². The number of amides is 2. The van der Waals surface area contributed by atoms with Crippen molar-refractivity contribution in [2.24, 2.45) is 0 Å². The maximum absolute atomic E-state index is 12.9. The zero-order chi connectivity index (χ0) is 24.3. The van der Waals surface area contributed by atoms with Crippen LogP contribution in [0.15, 0.2) is 66.0 Å². The van der Waals surface area contributed by atoms with Crippen LogP contribution in [0.4, 0.5) is 11.4 Å². The molecule has 1 N–H and O–H groups in total. The van der Waals surface area contributed by atoms with Crippen LogP contribution in [0.25, 0.3) is 0 Å². The monoisotopic (exact) mass is 477 g/mol. The summed E-state index contributed by atoms with van der Waals surface area (Å²) in [6, 6.07) is 18.7. The lowest BCUT2D eigenvalue weighted by atomic mass is 10.1. The molecule has 174 valence electrons. The van der Waals surface area contributed by atoms with Gasteiger partial charge in [-0.15, -0.1) is 11.3 Å². The summed E-state index contributed by atoms with van der Waals surface area (Å²) < 4.78 is 10.7. The van der Waals surface area contributed by atoms with E-state index in [0.717, 1.165) is 0 Å². The number of carbonyl (C=O) groups excluding carboxylic acids is 3. The highest BCUT2D eigenvalue weighted by molar-refractivity contribution is 7.12. The van der Waals surface area contributed by atoms with Crippen molar-refractivity contribution in [1.29, 1.82) is 5.26 Å². The summed E-state index contributed by atoms with van der Waals surface area (Å²) in [5, 5.41) is 13.5. The van der Waals surface area contributed by atoms with Crippen LogP contribution < -0.4 is 15.0 Å². The summed E-state index contributed by atoms with van der Waals surface area (Å²) in [7, 11) is 0. The molecule has 0 aliphatic rings. The second-order valence-corrected chi connectivity index (χ2v) is 7.88. The van der Waals surface area contributed by atoms with Crippen molar-refractivity contribution in [1.82, 2.24) is 0 Å². The van der Waals surface area contributed by atoms with Crippen molar-refractivity contribution in [3.63, 3.8) is 0 Å². The number of hydrogen-bond acceptors (Lipinski definition) is 7. The van der Waals surface area contributed by atoms with Gasteiger partial charge in [-0.2, -0.15) is 5.26 Å². The molecule has 0 fully saturated rings. The van der Waals surface area contributed by atoms with Crippen LogP contribution in [0.5, 0.6) is 5.75 Å². The second-order valence-electron chi connectivity index (χ2n) is 6.93. The van der Waals surface area contributed by atoms with Gasteiger partial charge < -0.3 is 19.7 Å². The normalized spacial score (nSPS) is 10.1. The third-order valence-electron chi connectivity index (χ3n) is 4.67. The van der Waals surface area contributed by atoms with Gasteiger partial charge in [0.05, 0.1) is 35.2 Å². The zero-order valence-corrected chi connectivity index (χ0v) is 19.3. The van der Waals surface area contributed by atoms with E-state index in [1.807, 2.05) is 13.0 Å². The molecule has 0 bridgehead atoms. The highest BCUT2D eigenvalue weighted by Crippen LogP contribution is 2.21. The van der Waals surface area contributed by atoms with Crippen LogP contribution in [-0.4, -0.2) is 37.5 Å². The quantitative estimate of drug-likeness (QED) is 0.431. The minimum absolute atomic E-state index is 0.116. The fraction of sp³-hybridized carbons (Fsp3) is 0.200. The van der Waals surface area contributed by atoms with Gasteiger partial charge in [0, 0.05) is 12.2 Å². The lowest BCUT2D eigenvalue weighted by Crippen LogP contribution is -2.35. The van der Waals surface area contributed by atoms with Crippen molar-refractivity contribution in [3.8, 4) is 11.8 Å². The number of benzene rings is 2. The van der Waals surface area contributed by atoms with Crippen molar-refractivity contribution in [3.05, 3.63) is 76.5 Å². The summed E-state index contributed by atoms with van der Waals surface area (Å²) in [5.41, 5.74) is 0.972. The molecule has 3 aromatic rings. The summed E-state index contributed by atoms with van der Waals surface area (Å²) in [6.45, 7) is 2.01. The molecule has 9 heteroatoms. The number of rotatable bonds is 10. The lowest BCUT2D eigenvalue weighted by Gasteiger charge is -2.22. The maximum Gasteiger partial charge on any atom is 0.340 e. The average molecular weight is 478 g/mol. The van der Waals surface area contributed by atoms with Crippen LogP contribution in [0.2, 0.25) is 0 Å². The Morgan fingerprint density at radius 3 is 2.50 bits per heavy atom. The molecule has 1 heterocycles. The van der Waals surface area contributed by atoms with Gasteiger partial charge in [-0.05, 0) is 54.8 Å². The average Bonchev–Trinajstić information content (AvgIpc) is 3.39. The fourth-order valence-corrected chi connectivity index (χ4v) is 3.71. The first-order valence-corrected chi connectivity index (χ1v) is 11.4. The number of thiophene rings is 1. The van der Waals surface area contributed by atoms with E-state index in [4.69, 9.17) is 14.7 Å². The molecule has 0 aliphatic carbocycles. The molecule has 0 unspecified atom stereocenters. The number of ether oxygens (including phenoxy) is 2. The Bertz CT molecular complexity index is 1170. The second kappa shape index (κ2) is 12.2. The minimum Gasteiger partial charge on any atom is -0.494 e. The molecule has 8 nitrogen and oxygen atoms in total. The number of carbonyl (C=O) groups is 3. The first-order chi connectivity index (χ1) is 16.5. The standard InChI is InChI=1S/C25H23N3O5S/c1-2-32-19-12-10-18(11-13-19)28(15-6-14-26)23(29)17-33-25(31)20-7-3-4-8-21(20)27-24(30)22-9-5-16-34-22/h3-5,7-13,16H,2,6,15,17H2,1H3,(H,27,30). The summed E-state index contributed by atoms with van der Waals surface area (Å²) in [6.07, 6.45) is 0.116. The smallest absolute Gasteiger partial charge is 0.340 e. The molecule has 0 saturated heterocycles. The van der Waals surface area contributed by atoms with E-state index in [1.54, 1.807) is 60.0 Å². The number of anilines is 2. The molecule has 2 aromatic carbocycles. The van der Waals surface area contributed by atoms with Crippen molar-refractivity contribution in [2.75, 3.05) is 30.0 Å². The number of hydrogen-bond donors (Lipinski definition) is 1. The Morgan fingerprint density at radius 1 is 1.06 bits per heavy atom. The number of nitriles is 1. The number of para-hydroxylation sites is 1. The van der Waals surface area contributed by atoms with Gasteiger partial charge in [0.15, 0.2) is 6.61 Å². The van der Waals surface area contributed by atoms with Gasteiger partial charge >= 0.3 is 5.97 Å². The number of esters is 1. The molecule has 0 atom stereocenters. The van der Waals surface area contributed by atoms with E-state index in [-0.39, 0.29) is 30.1 Å². The largest absolute Gasteiger partial charge is 0.494 e. The molecule has 2 amide bonds. The van der Waals surface area contributed by atoms with Gasteiger partial charge in [-0.3, -0.25) is 9.59 Å². The topological polar surface area (TPSA) is 109 Å². The minimum atomic E-state index is -0.748. The molecule has 34 heavy (non-hydrogen) atoms. The van der Waals surface area contributed by atoms with Crippen LogP contribution >= 0.6 is 11.3 Å². The van der Waals surface area contributed by atoms with E-state index in [2.05, 4.69) is 5.32 Å². The van der Waals surface area contributed by atoms with Crippen LogP contribution in [0.1, 0.15) is 33.4 Å². The van der Waals surface area contributed by atoms with Gasteiger partial charge in [-0.25, -0.2) is 4.79 Å². The molecular formula is C25H23N3O5S. The van der Waals surface area contributed by atoms with E-state index >= 15 is 0 Å². The molecule has 0 spiro atoms. The first-order valence-electron chi connectivity index (χ1n) is 10.5. The molecule has 0 radical (unpaired) electrons. The summed E-state index contributed by atoms with van der Waals surface area (Å²) in [5.74, 6) is -0.911. The van der Waals surface area contributed by atoms with E-state index < -0.39 is 18.5 Å². The van der Waals surface area contributed by atoms with Crippen LogP contribution in [-0.2, 0) is 9.53 Å². The SMILES string of the molecule is CCOc1ccc(N(CCC#N)C(=O)COC(=O)c2ccccc2NC(=O)c2cccs2)cc1. The van der Waals surface area contributed by atoms with Crippen molar-refractivity contribution in [2.45, 2.75) is 13.3 Å². The maximum atomic E-state index is 12.9. The summed E-state index contributed by atoms with van der Waals surface area (Å²) in [4.78, 5) is 39.8. The predicted octanol–water partition coefficient (Wildman–Crippen LogP) is 4.50. The first kappa shape index (κ1) is 24.5. The Hall–Kier alpha value is -4.16. The van der Waals surface area contributed by atoms with Gasteiger partial charge in [0.25, 0.3) is 11.8 Å². The predicted molar refractivity (Wildman–Crippen MR) is 129 cm³/mol. The lowest BCUT2D eigenvalue weighted by molar-refractivity contribution is -0.121. The Kier molecular flexibility index (Phi) is 8.77. The number of nitrogens with one attached hydrogen (secondary N) is 1. The van der Waals surface area contributed by atoms with Gasteiger partial charge in [0.1, 0.15) is 5.75 Å². The molecule has 0 saturated carbocycles. The van der Waals surface area contributed by atoms with Crippen molar-refractivity contribution < 1.29 is 23.9 Å². The number of nitrogens with zero attached hydrogens (tertiary/aromatic N) is 2. The van der Waals surface area contributed by atoms with E-state index in [0.29, 0.717) is 22.9 Å². The van der Waals surface area contributed by atoms with Crippen molar-refractivity contribution >= 4 is 40.5 Å². The third-order valence-corrected chi connectivity index (χ3v) is 5.54. The molecule has 0 aliphatic heterocycles. The molecule has 3 rings (SSSR count). The van der Waals surface area contributed by atoms with E-state index in [1.165, 1.54) is 22.3 Å². The Morgan fingerprint density at radius 2 is 1.82 bits per heavy atom. The Labute approximate surface area is 201 Å². The third kappa shape index (κ3) is 6.43. The molecule has 1 aromatic heterocycles. The Balaban J connectivity index is 1.68. The van der Waals surface area contributed by atoms with Gasteiger partial charge in [-0.1, -0.05) is 18.2 Å². The summed E-state index contributed by atoms with van der Waals surface area (Å²) >= 11 is 1.28. The van der Waals surface area contributed by atoms with Crippen LogP contribution in [0, 0.1) is 11.3 Å². The zero-order valence-electron chi connectivity index (χ0n) is 18.5. The fourth-order valence-electron chi connectivity index (χ4n) is 3.09.